The van der Waals surface area contributed by atoms with E-state index in [0.717, 1.165) is 32.5 Å². The topological polar surface area (TPSA) is 58.6 Å². The number of aromatic nitrogens is 2. The van der Waals surface area contributed by atoms with Crippen LogP contribution in [0.15, 0.2) is 0 Å². The summed E-state index contributed by atoms with van der Waals surface area (Å²) in [6.07, 6.45) is 1.77. The van der Waals surface area contributed by atoms with Crippen molar-refractivity contribution in [3.8, 4) is 0 Å². The summed E-state index contributed by atoms with van der Waals surface area (Å²) in [5.74, 6) is 0.0277. The molecule has 2 saturated heterocycles. The minimum atomic E-state index is -0.404. The van der Waals surface area contributed by atoms with E-state index in [-0.39, 0.29) is 18.3 Å². The lowest BCUT2D eigenvalue weighted by molar-refractivity contribution is -0.104. The number of nitrogens with zero attached hydrogens (tertiary/aromatic N) is 4. The number of hydrogen-bond donors (Lipinski definition) is 0. The van der Waals surface area contributed by atoms with Gasteiger partial charge in [-0.05, 0) is 25.0 Å². The fourth-order valence-electron chi connectivity index (χ4n) is 3.08. The van der Waals surface area contributed by atoms with E-state index in [2.05, 4.69) is 21.4 Å². The minimum absolute atomic E-state index is 0. The van der Waals surface area contributed by atoms with Crippen molar-refractivity contribution < 1.29 is 9.53 Å². The lowest BCUT2D eigenvalue weighted by Crippen LogP contribution is -2.54. The molecule has 1 spiro atoms. The van der Waals surface area contributed by atoms with E-state index in [0.29, 0.717) is 23.7 Å². The maximum atomic E-state index is 12.7. The highest BCUT2D eigenvalue weighted by Gasteiger charge is 2.47. The molecule has 0 atom stereocenters. The number of aryl methyl sites for hydroxylation is 1. The Kier molecular flexibility index (Phi) is 5.19. The molecule has 6 nitrogen and oxygen atoms in total. The Hall–Kier alpha value is -0.760. The molecule has 3 heterocycles. The van der Waals surface area contributed by atoms with Crippen molar-refractivity contribution in [1.82, 2.24) is 19.4 Å². The van der Waals surface area contributed by atoms with Gasteiger partial charge in [0.1, 0.15) is 10.6 Å². The second-order valence-electron chi connectivity index (χ2n) is 5.37. The van der Waals surface area contributed by atoms with Gasteiger partial charge in [-0.3, -0.25) is 4.79 Å². The summed E-state index contributed by atoms with van der Waals surface area (Å²) < 4.78 is 9.86. The highest BCUT2D eigenvalue weighted by Crippen LogP contribution is 2.35. The largest absolute Gasteiger partial charge is 0.354 e. The molecule has 0 aliphatic carbocycles. The van der Waals surface area contributed by atoms with E-state index in [4.69, 9.17) is 4.74 Å². The Morgan fingerprint density at radius 2 is 2.10 bits per heavy atom. The number of halogens is 1. The van der Waals surface area contributed by atoms with Crippen molar-refractivity contribution in [2.45, 2.75) is 32.4 Å². The summed E-state index contributed by atoms with van der Waals surface area (Å²) >= 11 is 1.18. The average Bonchev–Trinajstić information content (AvgIpc) is 3.06. The fourth-order valence-corrected chi connectivity index (χ4v) is 3.68. The summed E-state index contributed by atoms with van der Waals surface area (Å²) in [4.78, 5) is 17.7. The molecular weight excluding hydrogens is 312 g/mol. The zero-order chi connectivity index (χ0) is 14.2. The quantitative estimate of drug-likeness (QED) is 0.822. The third-order valence-corrected chi connectivity index (χ3v) is 5.17. The maximum Gasteiger partial charge on any atom is 0.269 e. The van der Waals surface area contributed by atoms with Crippen molar-refractivity contribution in [2.24, 2.45) is 0 Å². The number of carbonyl (C=O) groups excluding carboxylic acids is 1. The van der Waals surface area contributed by atoms with Crippen LogP contribution in [0.1, 0.15) is 35.1 Å². The SMILES string of the molecule is CCN1CCC2(CC1)OCCN2C(=O)c1snnc1C.Cl. The summed E-state index contributed by atoms with van der Waals surface area (Å²) in [7, 11) is 0. The molecule has 0 aromatic carbocycles. The van der Waals surface area contributed by atoms with Gasteiger partial charge in [-0.1, -0.05) is 11.4 Å². The monoisotopic (exact) mass is 332 g/mol. The lowest BCUT2D eigenvalue weighted by atomic mass is 9.98. The number of piperidine rings is 1. The summed E-state index contributed by atoms with van der Waals surface area (Å²) in [5, 5.41) is 3.94. The van der Waals surface area contributed by atoms with Gasteiger partial charge in [0, 0.05) is 32.5 Å². The highest BCUT2D eigenvalue weighted by atomic mass is 35.5. The Bertz CT molecular complexity index is 502. The van der Waals surface area contributed by atoms with Gasteiger partial charge < -0.3 is 14.5 Å². The molecule has 118 valence electrons. The first-order chi connectivity index (χ1) is 9.66. The van der Waals surface area contributed by atoms with Crippen LogP contribution < -0.4 is 0 Å². The van der Waals surface area contributed by atoms with Gasteiger partial charge in [-0.2, -0.15) is 0 Å². The molecule has 2 aliphatic rings. The van der Waals surface area contributed by atoms with Gasteiger partial charge in [0.05, 0.1) is 12.3 Å². The number of amides is 1. The molecule has 1 aromatic heterocycles. The maximum absolute atomic E-state index is 12.7. The second kappa shape index (κ2) is 6.56. The second-order valence-corrected chi connectivity index (χ2v) is 6.13. The Morgan fingerprint density at radius 3 is 2.67 bits per heavy atom. The van der Waals surface area contributed by atoms with Crippen molar-refractivity contribution in [2.75, 3.05) is 32.8 Å². The molecular formula is C13H21ClN4O2S. The first kappa shape index (κ1) is 16.6. The number of ether oxygens (including phenoxy) is 1. The zero-order valence-corrected chi connectivity index (χ0v) is 14.0. The van der Waals surface area contributed by atoms with Crippen LogP contribution in [0.3, 0.4) is 0 Å². The molecule has 8 heteroatoms. The van der Waals surface area contributed by atoms with Gasteiger partial charge in [0.15, 0.2) is 0 Å². The summed E-state index contributed by atoms with van der Waals surface area (Å²) in [6.45, 7) is 8.33. The van der Waals surface area contributed by atoms with Crippen LogP contribution in [0, 0.1) is 6.92 Å². The number of likely N-dealkylation sites (tertiary alicyclic amines) is 1. The molecule has 3 rings (SSSR count). The van der Waals surface area contributed by atoms with E-state index < -0.39 is 5.72 Å². The van der Waals surface area contributed by atoms with Crippen LogP contribution in [-0.4, -0.2) is 63.8 Å². The van der Waals surface area contributed by atoms with Gasteiger partial charge in [-0.15, -0.1) is 17.5 Å². The van der Waals surface area contributed by atoms with Crippen LogP contribution in [0.5, 0.6) is 0 Å². The van der Waals surface area contributed by atoms with E-state index in [1.165, 1.54) is 11.5 Å². The number of hydrogen-bond acceptors (Lipinski definition) is 6. The molecule has 0 N–H and O–H groups in total. The van der Waals surface area contributed by atoms with E-state index in [1.807, 2.05) is 11.8 Å². The lowest BCUT2D eigenvalue weighted by Gasteiger charge is -2.43. The molecule has 0 saturated carbocycles. The smallest absolute Gasteiger partial charge is 0.269 e. The van der Waals surface area contributed by atoms with Crippen molar-refractivity contribution in [3.05, 3.63) is 10.6 Å². The standard InChI is InChI=1S/C13H20N4O2S.ClH/c1-3-16-6-4-13(5-7-16)17(8-9-19-13)12(18)11-10(2)14-15-20-11;/h3-9H2,1-2H3;1H. The third kappa shape index (κ3) is 2.92. The first-order valence-corrected chi connectivity index (χ1v) is 7.91. The van der Waals surface area contributed by atoms with Crippen molar-refractivity contribution in [1.29, 1.82) is 0 Å². The number of carbonyl (C=O) groups is 1. The van der Waals surface area contributed by atoms with Gasteiger partial charge >= 0.3 is 0 Å². The Labute approximate surface area is 135 Å². The fraction of sp³-hybridized carbons (Fsp3) is 0.769. The Balaban J connectivity index is 0.00000161. The van der Waals surface area contributed by atoms with Crippen molar-refractivity contribution in [3.63, 3.8) is 0 Å². The molecule has 1 amide bonds. The van der Waals surface area contributed by atoms with E-state index in [9.17, 15) is 4.79 Å². The molecule has 1 aromatic rings. The van der Waals surface area contributed by atoms with E-state index >= 15 is 0 Å². The van der Waals surface area contributed by atoms with Gasteiger partial charge in [-0.25, -0.2) is 0 Å². The van der Waals surface area contributed by atoms with Crippen LogP contribution in [0.2, 0.25) is 0 Å². The first-order valence-electron chi connectivity index (χ1n) is 7.13. The average molecular weight is 333 g/mol. The molecule has 2 fully saturated rings. The Morgan fingerprint density at radius 1 is 1.38 bits per heavy atom. The molecule has 21 heavy (non-hydrogen) atoms. The molecule has 0 radical (unpaired) electrons. The summed E-state index contributed by atoms with van der Waals surface area (Å²) in [5.41, 5.74) is 0.312. The summed E-state index contributed by atoms with van der Waals surface area (Å²) in [6, 6.07) is 0. The predicted octanol–water partition coefficient (Wildman–Crippen LogP) is 1.55. The normalized spacial score (nSPS) is 21.5. The minimum Gasteiger partial charge on any atom is -0.354 e. The molecule has 2 aliphatic heterocycles. The van der Waals surface area contributed by atoms with Crippen LogP contribution in [0.25, 0.3) is 0 Å². The van der Waals surface area contributed by atoms with Crippen molar-refractivity contribution >= 4 is 29.8 Å². The number of rotatable bonds is 2. The van der Waals surface area contributed by atoms with Gasteiger partial charge in [0.25, 0.3) is 5.91 Å². The van der Waals surface area contributed by atoms with Crippen LogP contribution in [0.4, 0.5) is 0 Å². The predicted molar refractivity (Wildman–Crippen MR) is 83.0 cm³/mol. The zero-order valence-electron chi connectivity index (χ0n) is 12.4. The molecule has 0 unspecified atom stereocenters. The van der Waals surface area contributed by atoms with Gasteiger partial charge in [0.2, 0.25) is 0 Å². The van der Waals surface area contributed by atoms with Crippen LogP contribution in [-0.2, 0) is 4.74 Å². The third-order valence-electron chi connectivity index (χ3n) is 4.35. The van der Waals surface area contributed by atoms with E-state index in [1.54, 1.807) is 0 Å². The van der Waals surface area contributed by atoms with Crippen LogP contribution >= 0.6 is 23.9 Å². The highest BCUT2D eigenvalue weighted by molar-refractivity contribution is 7.07. The molecule has 0 bridgehead atoms.